The highest BCUT2D eigenvalue weighted by molar-refractivity contribution is 5.87. The van der Waals surface area contributed by atoms with E-state index in [0.29, 0.717) is 13.1 Å². The topological polar surface area (TPSA) is 81.7 Å². The quantitative estimate of drug-likeness (QED) is 0.504. The van der Waals surface area contributed by atoms with E-state index in [1.807, 2.05) is 0 Å². The number of aliphatic hydroxyl groups excluding tert-OH is 1. The third-order valence-corrected chi connectivity index (χ3v) is 2.29. The first-order valence-electron chi connectivity index (χ1n) is 5.02. The Hall–Kier alpha value is -1.14. The first kappa shape index (κ1) is 11.9. The van der Waals surface area contributed by atoms with Gasteiger partial charge in [0.25, 0.3) is 0 Å². The van der Waals surface area contributed by atoms with Gasteiger partial charge in [-0.2, -0.15) is 0 Å². The summed E-state index contributed by atoms with van der Waals surface area (Å²) in [7, 11) is 0. The molecule has 3 N–H and O–H groups in total. The molecule has 6 nitrogen and oxygen atoms in total. The molecule has 1 saturated heterocycles. The average Bonchev–Trinajstić information content (AvgIpc) is 2.26. The molecule has 15 heavy (non-hydrogen) atoms. The number of carbonyl (C=O) groups is 2. The lowest BCUT2D eigenvalue weighted by atomic mass is 10.2. The van der Waals surface area contributed by atoms with Crippen LogP contribution in [-0.2, 0) is 9.59 Å². The van der Waals surface area contributed by atoms with Crippen LogP contribution in [0.3, 0.4) is 0 Å². The van der Waals surface area contributed by atoms with Crippen molar-refractivity contribution in [3.63, 3.8) is 0 Å². The molecule has 0 bridgehead atoms. The summed E-state index contributed by atoms with van der Waals surface area (Å²) < 4.78 is 0. The van der Waals surface area contributed by atoms with Gasteiger partial charge in [0, 0.05) is 33.1 Å². The molecule has 0 saturated carbocycles. The van der Waals surface area contributed by atoms with Gasteiger partial charge in [0.15, 0.2) is 0 Å². The summed E-state index contributed by atoms with van der Waals surface area (Å²) in [6.07, 6.45) is 0. The van der Waals surface area contributed by atoms with Crippen molar-refractivity contribution >= 4 is 11.8 Å². The molecule has 0 aromatic heterocycles. The molecule has 1 aliphatic rings. The fourth-order valence-corrected chi connectivity index (χ4v) is 1.54. The molecule has 1 heterocycles. The minimum Gasteiger partial charge on any atom is -0.394 e. The van der Waals surface area contributed by atoms with Crippen LogP contribution in [-0.4, -0.2) is 60.6 Å². The molecule has 0 spiro atoms. The number of amides is 2. The summed E-state index contributed by atoms with van der Waals surface area (Å²) in [5.41, 5.74) is 0. The second-order valence-corrected chi connectivity index (χ2v) is 3.51. The van der Waals surface area contributed by atoms with Gasteiger partial charge in [-0.15, -0.1) is 0 Å². The zero-order valence-electron chi connectivity index (χ0n) is 8.82. The van der Waals surface area contributed by atoms with Crippen molar-refractivity contribution in [2.24, 2.45) is 0 Å². The molecular weight excluding hydrogens is 198 g/mol. The normalized spacial score (nSPS) is 18.4. The standard InChI is InChI=1S/C9H17N3O3/c1-7(14)11-8(6-13)9(15)12-4-2-10-3-5-12/h8,10,13H,2-6H2,1H3,(H,11,14). The maximum Gasteiger partial charge on any atom is 0.247 e. The molecule has 1 atom stereocenters. The first-order chi connectivity index (χ1) is 7.15. The van der Waals surface area contributed by atoms with E-state index >= 15 is 0 Å². The second kappa shape index (κ2) is 5.67. The van der Waals surface area contributed by atoms with Crippen LogP contribution >= 0.6 is 0 Å². The molecule has 0 radical (unpaired) electrons. The number of aliphatic hydroxyl groups is 1. The summed E-state index contributed by atoms with van der Waals surface area (Å²) in [5, 5.41) is 14.5. The van der Waals surface area contributed by atoms with E-state index in [9.17, 15) is 9.59 Å². The van der Waals surface area contributed by atoms with Crippen molar-refractivity contribution in [1.29, 1.82) is 0 Å². The maximum absolute atomic E-state index is 11.8. The van der Waals surface area contributed by atoms with Crippen LogP contribution in [0.5, 0.6) is 0 Å². The molecule has 1 unspecified atom stereocenters. The summed E-state index contributed by atoms with van der Waals surface area (Å²) in [5.74, 6) is -0.522. The molecule has 86 valence electrons. The fraction of sp³-hybridized carbons (Fsp3) is 0.778. The third-order valence-electron chi connectivity index (χ3n) is 2.29. The lowest BCUT2D eigenvalue weighted by molar-refractivity contribution is -0.137. The number of piperazine rings is 1. The number of hydrogen-bond acceptors (Lipinski definition) is 4. The SMILES string of the molecule is CC(=O)NC(CO)C(=O)N1CCNCC1. The van der Waals surface area contributed by atoms with Crippen molar-refractivity contribution in [3.8, 4) is 0 Å². The van der Waals surface area contributed by atoms with E-state index in [0.717, 1.165) is 13.1 Å². The molecular formula is C9H17N3O3. The number of nitrogens with one attached hydrogen (secondary N) is 2. The molecule has 6 heteroatoms. The van der Waals surface area contributed by atoms with Gasteiger partial charge in [0.1, 0.15) is 6.04 Å². The summed E-state index contributed by atoms with van der Waals surface area (Å²) in [4.78, 5) is 24.2. The number of nitrogens with zero attached hydrogens (tertiary/aromatic N) is 1. The van der Waals surface area contributed by atoms with E-state index in [1.54, 1.807) is 4.90 Å². The van der Waals surface area contributed by atoms with Crippen LogP contribution in [0.25, 0.3) is 0 Å². The average molecular weight is 215 g/mol. The summed E-state index contributed by atoms with van der Waals surface area (Å²) in [6.45, 7) is 3.72. The van der Waals surface area contributed by atoms with Crippen LogP contribution in [0, 0.1) is 0 Å². The predicted octanol–water partition coefficient (Wildman–Crippen LogP) is -2.08. The summed E-state index contributed by atoms with van der Waals surface area (Å²) >= 11 is 0. The van der Waals surface area contributed by atoms with Gasteiger partial charge in [-0.25, -0.2) is 0 Å². The van der Waals surface area contributed by atoms with E-state index in [4.69, 9.17) is 5.11 Å². The van der Waals surface area contributed by atoms with Crippen LogP contribution in [0.2, 0.25) is 0 Å². The van der Waals surface area contributed by atoms with E-state index in [2.05, 4.69) is 10.6 Å². The van der Waals surface area contributed by atoms with Gasteiger partial charge in [0.05, 0.1) is 6.61 Å². The van der Waals surface area contributed by atoms with Crippen LogP contribution in [0.1, 0.15) is 6.92 Å². The number of hydrogen-bond donors (Lipinski definition) is 3. The zero-order chi connectivity index (χ0) is 11.3. The largest absolute Gasteiger partial charge is 0.394 e. The van der Waals surface area contributed by atoms with Crippen molar-refractivity contribution in [2.75, 3.05) is 32.8 Å². The van der Waals surface area contributed by atoms with Crippen LogP contribution in [0.4, 0.5) is 0 Å². The van der Waals surface area contributed by atoms with Gasteiger partial charge in [0.2, 0.25) is 11.8 Å². The fourth-order valence-electron chi connectivity index (χ4n) is 1.54. The Balaban J connectivity index is 2.50. The number of carbonyl (C=O) groups excluding carboxylic acids is 2. The molecule has 1 aliphatic heterocycles. The third kappa shape index (κ3) is 3.49. The Kier molecular flexibility index (Phi) is 4.51. The van der Waals surface area contributed by atoms with Crippen molar-refractivity contribution in [1.82, 2.24) is 15.5 Å². The monoisotopic (exact) mass is 215 g/mol. The Morgan fingerprint density at radius 3 is 2.53 bits per heavy atom. The van der Waals surface area contributed by atoms with E-state index in [-0.39, 0.29) is 18.4 Å². The van der Waals surface area contributed by atoms with Gasteiger partial charge in [-0.05, 0) is 0 Å². The summed E-state index contributed by atoms with van der Waals surface area (Å²) in [6, 6.07) is -0.805. The van der Waals surface area contributed by atoms with Crippen molar-refractivity contribution in [2.45, 2.75) is 13.0 Å². The lowest BCUT2D eigenvalue weighted by Gasteiger charge is -2.30. The molecule has 0 aromatic carbocycles. The van der Waals surface area contributed by atoms with Gasteiger partial charge < -0.3 is 20.6 Å². The van der Waals surface area contributed by atoms with Gasteiger partial charge >= 0.3 is 0 Å². The Bertz CT molecular complexity index is 239. The first-order valence-corrected chi connectivity index (χ1v) is 5.02. The zero-order valence-corrected chi connectivity index (χ0v) is 8.82. The molecule has 1 fully saturated rings. The van der Waals surface area contributed by atoms with E-state index in [1.165, 1.54) is 6.92 Å². The van der Waals surface area contributed by atoms with E-state index < -0.39 is 6.04 Å². The number of rotatable bonds is 3. The Morgan fingerprint density at radius 1 is 1.47 bits per heavy atom. The minimum atomic E-state index is -0.805. The Labute approximate surface area is 88.6 Å². The molecule has 2 amide bonds. The lowest BCUT2D eigenvalue weighted by Crippen LogP contribution is -2.55. The predicted molar refractivity (Wildman–Crippen MR) is 54.1 cm³/mol. The van der Waals surface area contributed by atoms with Crippen LogP contribution < -0.4 is 10.6 Å². The molecule has 0 aliphatic carbocycles. The van der Waals surface area contributed by atoms with Gasteiger partial charge in [-0.1, -0.05) is 0 Å². The van der Waals surface area contributed by atoms with Crippen molar-refractivity contribution in [3.05, 3.63) is 0 Å². The second-order valence-electron chi connectivity index (χ2n) is 3.51. The smallest absolute Gasteiger partial charge is 0.247 e. The highest BCUT2D eigenvalue weighted by Gasteiger charge is 2.25. The molecule has 0 aromatic rings. The van der Waals surface area contributed by atoms with Crippen LogP contribution in [0.15, 0.2) is 0 Å². The Morgan fingerprint density at radius 2 is 2.07 bits per heavy atom. The molecule has 1 rings (SSSR count). The minimum absolute atomic E-state index is 0.214. The highest BCUT2D eigenvalue weighted by atomic mass is 16.3. The van der Waals surface area contributed by atoms with Crippen molar-refractivity contribution < 1.29 is 14.7 Å². The van der Waals surface area contributed by atoms with Gasteiger partial charge in [-0.3, -0.25) is 9.59 Å². The maximum atomic E-state index is 11.8. The highest BCUT2D eigenvalue weighted by Crippen LogP contribution is 1.97.